The summed E-state index contributed by atoms with van der Waals surface area (Å²) in [5, 5.41) is 12.2. The van der Waals surface area contributed by atoms with Crippen LogP contribution >= 0.6 is 0 Å². The molecule has 0 radical (unpaired) electrons. The molecule has 0 aliphatic heterocycles. The van der Waals surface area contributed by atoms with Crippen molar-refractivity contribution in [3.63, 3.8) is 0 Å². The maximum Gasteiger partial charge on any atom is 0.337 e. The molecule has 7 nitrogen and oxygen atoms in total. The molecule has 0 amide bonds. The second-order valence-electron chi connectivity index (χ2n) is 4.86. The van der Waals surface area contributed by atoms with Crippen molar-refractivity contribution in [3.05, 3.63) is 23.8 Å². The molecule has 1 rings (SSSR count). The lowest BCUT2D eigenvalue weighted by Crippen LogP contribution is -2.32. The van der Waals surface area contributed by atoms with Gasteiger partial charge in [0.1, 0.15) is 0 Å². The molecule has 0 saturated carbocycles. The van der Waals surface area contributed by atoms with E-state index < -0.39 is 16.0 Å². The molecule has 0 aliphatic rings. The molecule has 1 atom stereocenters. The van der Waals surface area contributed by atoms with Crippen LogP contribution in [-0.2, 0) is 14.8 Å². The number of sulfonamides is 1. The highest BCUT2D eigenvalue weighted by atomic mass is 32.2. The molecule has 1 aromatic rings. The number of hydrogen-bond donors (Lipinski definition) is 3. The van der Waals surface area contributed by atoms with Gasteiger partial charge in [-0.15, -0.1) is 0 Å². The van der Waals surface area contributed by atoms with Crippen molar-refractivity contribution in [2.24, 2.45) is 0 Å². The second-order valence-corrected chi connectivity index (χ2v) is 6.58. The van der Waals surface area contributed by atoms with Gasteiger partial charge < -0.3 is 15.2 Å². The zero-order chi connectivity index (χ0) is 16.8. The summed E-state index contributed by atoms with van der Waals surface area (Å²) in [6.45, 7) is 4.44. The molecule has 124 valence electrons. The van der Waals surface area contributed by atoms with E-state index in [1.165, 1.54) is 19.2 Å². The van der Waals surface area contributed by atoms with Crippen LogP contribution in [0.3, 0.4) is 0 Å². The molecule has 0 heterocycles. The number of methoxy groups -OCH3 is 1. The van der Waals surface area contributed by atoms with Crippen LogP contribution in [0, 0.1) is 0 Å². The number of benzene rings is 1. The minimum atomic E-state index is -3.74. The fourth-order valence-electron chi connectivity index (χ4n) is 1.73. The quantitative estimate of drug-likeness (QED) is 0.593. The van der Waals surface area contributed by atoms with Crippen LogP contribution in [0.15, 0.2) is 23.1 Å². The van der Waals surface area contributed by atoms with Crippen molar-refractivity contribution < 1.29 is 23.1 Å². The van der Waals surface area contributed by atoms with Gasteiger partial charge in [0.05, 0.1) is 17.1 Å². The number of rotatable bonds is 9. The van der Waals surface area contributed by atoms with Crippen LogP contribution in [-0.4, -0.2) is 45.8 Å². The minimum Gasteiger partial charge on any atom is -0.478 e. The van der Waals surface area contributed by atoms with Gasteiger partial charge in [-0.25, -0.2) is 17.9 Å². The lowest BCUT2D eigenvalue weighted by molar-refractivity contribution is 0.0697. The first-order chi connectivity index (χ1) is 10.3. The predicted molar refractivity (Wildman–Crippen MR) is 83.8 cm³/mol. The average Bonchev–Trinajstić information content (AvgIpc) is 2.46. The number of carboxylic acid groups (broad SMARTS) is 1. The summed E-state index contributed by atoms with van der Waals surface area (Å²) in [6, 6.07) is 3.76. The summed E-state index contributed by atoms with van der Waals surface area (Å²) in [4.78, 5) is 11.3. The fraction of sp³-hybridized carbons (Fsp3) is 0.500. The Morgan fingerprint density at radius 2 is 2.09 bits per heavy atom. The highest BCUT2D eigenvalue weighted by Gasteiger charge is 2.20. The van der Waals surface area contributed by atoms with Crippen LogP contribution in [0.4, 0.5) is 5.69 Å². The van der Waals surface area contributed by atoms with Gasteiger partial charge in [0.15, 0.2) is 0 Å². The van der Waals surface area contributed by atoms with Crippen LogP contribution in [0.5, 0.6) is 0 Å². The largest absolute Gasteiger partial charge is 0.478 e. The van der Waals surface area contributed by atoms with Crippen molar-refractivity contribution in [2.45, 2.75) is 31.2 Å². The first-order valence-corrected chi connectivity index (χ1v) is 8.42. The highest BCUT2D eigenvalue weighted by Crippen LogP contribution is 2.21. The minimum absolute atomic E-state index is 0.0671. The van der Waals surface area contributed by atoms with E-state index in [1.807, 2.05) is 6.92 Å². The van der Waals surface area contributed by atoms with Gasteiger partial charge in [-0.1, -0.05) is 6.92 Å². The SMILES string of the molecule is CC[C@@H](C)NS(=O)(=O)c1ccc(NCCOC)c(C(=O)O)c1. The Hall–Kier alpha value is -1.64. The van der Waals surface area contributed by atoms with Gasteiger partial charge in [-0.2, -0.15) is 0 Å². The average molecular weight is 330 g/mol. The van der Waals surface area contributed by atoms with Gasteiger partial charge >= 0.3 is 5.97 Å². The monoisotopic (exact) mass is 330 g/mol. The molecular formula is C14H22N2O5S. The first-order valence-electron chi connectivity index (χ1n) is 6.94. The number of aromatic carboxylic acids is 1. The van der Waals surface area contributed by atoms with Gasteiger partial charge in [0.25, 0.3) is 0 Å². The molecule has 0 bridgehead atoms. The molecule has 22 heavy (non-hydrogen) atoms. The van der Waals surface area contributed by atoms with Crippen molar-refractivity contribution in [1.82, 2.24) is 4.72 Å². The molecule has 0 unspecified atom stereocenters. The smallest absolute Gasteiger partial charge is 0.337 e. The van der Waals surface area contributed by atoms with E-state index >= 15 is 0 Å². The number of carbonyl (C=O) groups is 1. The molecular weight excluding hydrogens is 308 g/mol. The summed E-state index contributed by atoms with van der Waals surface area (Å²) < 4.78 is 31.8. The van der Waals surface area contributed by atoms with Crippen LogP contribution in [0.25, 0.3) is 0 Å². The topological polar surface area (TPSA) is 105 Å². The van der Waals surface area contributed by atoms with Gasteiger partial charge in [-0.3, -0.25) is 0 Å². The van der Waals surface area contributed by atoms with Crippen LogP contribution < -0.4 is 10.0 Å². The van der Waals surface area contributed by atoms with E-state index in [4.69, 9.17) is 4.74 Å². The Morgan fingerprint density at radius 1 is 1.41 bits per heavy atom. The number of anilines is 1. The molecule has 3 N–H and O–H groups in total. The summed E-state index contributed by atoms with van der Waals surface area (Å²) in [6.07, 6.45) is 0.641. The molecule has 1 aromatic carbocycles. The van der Waals surface area contributed by atoms with Crippen LogP contribution in [0.2, 0.25) is 0 Å². The molecule has 0 saturated heterocycles. The van der Waals surface area contributed by atoms with Crippen molar-refractivity contribution in [2.75, 3.05) is 25.6 Å². The lowest BCUT2D eigenvalue weighted by Gasteiger charge is -2.14. The van der Waals surface area contributed by atoms with Gasteiger partial charge in [0.2, 0.25) is 10.0 Å². The van der Waals surface area contributed by atoms with E-state index in [-0.39, 0.29) is 16.5 Å². The second kappa shape index (κ2) is 8.11. The fourth-order valence-corrected chi connectivity index (χ4v) is 3.08. The highest BCUT2D eigenvalue weighted by molar-refractivity contribution is 7.89. The maximum absolute atomic E-state index is 12.2. The van der Waals surface area contributed by atoms with E-state index in [2.05, 4.69) is 10.0 Å². The third-order valence-electron chi connectivity index (χ3n) is 3.12. The Balaban J connectivity index is 3.09. The Kier molecular flexibility index (Phi) is 6.79. The summed E-state index contributed by atoms with van der Waals surface area (Å²) in [5.41, 5.74) is 0.259. The third kappa shape index (κ3) is 4.97. The standard InChI is InChI=1S/C14H22N2O5S/c1-4-10(2)16-22(19,20)11-5-6-13(15-7-8-21-3)12(9-11)14(17)18/h5-6,9-10,15-16H,4,7-8H2,1-3H3,(H,17,18)/t10-/m1/s1. The molecule has 0 spiro atoms. The predicted octanol–water partition coefficient (Wildman–Crippen LogP) is 1.52. The number of carboxylic acids is 1. The van der Waals surface area contributed by atoms with Crippen molar-refractivity contribution >= 4 is 21.7 Å². The van der Waals surface area contributed by atoms with E-state index in [0.29, 0.717) is 25.3 Å². The van der Waals surface area contributed by atoms with E-state index in [1.54, 1.807) is 6.92 Å². The summed E-state index contributed by atoms with van der Waals surface area (Å²) in [5.74, 6) is -1.19. The summed E-state index contributed by atoms with van der Waals surface area (Å²) >= 11 is 0. The Labute approximate surface area is 130 Å². The van der Waals surface area contributed by atoms with Crippen molar-refractivity contribution in [1.29, 1.82) is 0 Å². The number of ether oxygens (including phenoxy) is 1. The molecule has 0 aromatic heterocycles. The Bertz CT molecular complexity index is 616. The molecule has 0 aliphatic carbocycles. The Morgan fingerprint density at radius 3 is 2.64 bits per heavy atom. The molecule has 8 heteroatoms. The number of hydrogen-bond acceptors (Lipinski definition) is 5. The summed E-state index contributed by atoms with van der Waals surface area (Å²) in [7, 11) is -2.20. The van der Waals surface area contributed by atoms with Crippen LogP contribution in [0.1, 0.15) is 30.6 Å². The maximum atomic E-state index is 12.2. The van der Waals surface area contributed by atoms with E-state index in [0.717, 1.165) is 6.07 Å². The normalized spacial score (nSPS) is 12.9. The zero-order valence-corrected chi connectivity index (χ0v) is 13.7. The first kappa shape index (κ1) is 18.4. The van der Waals surface area contributed by atoms with Crippen molar-refractivity contribution in [3.8, 4) is 0 Å². The van der Waals surface area contributed by atoms with Gasteiger partial charge in [0, 0.05) is 25.4 Å². The molecule has 0 fully saturated rings. The van der Waals surface area contributed by atoms with E-state index in [9.17, 15) is 18.3 Å². The zero-order valence-electron chi connectivity index (χ0n) is 12.9. The third-order valence-corrected chi connectivity index (χ3v) is 4.71. The number of nitrogens with one attached hydrogen (secondary N) is 2. The van der Waals surface area contributed by atoms with Gasteiger partial charge in [-0.05, 0) is 31.5 Å². The lowest BCUT2D eigenvalue weighted by atomic mass is 10.2.